The topological polar surface area (TPSA) is 62.3 Å². The molecule has 0 unspecified atom stereocenters. The summed E-state index contributed by atoms with van der Waals surface area (Å²) in [5.74, 6) is 1.92. The number of halogens is 1. The summed E-state index contributed by atoms with van der Waals surface area (Å²) in [6, 6.07) is 5.52. The zero-order valence-corrected chi connectivity index (χ0v) is 12.0. The Hall–Kier alpha value is -1.69. The number of benzene rings is 1. The van der Waals surface area contributed by atoms with Gasteiger partial charge in [-0.3, -0.25) is 4.68 Å². The Kier molecular flexibility index (Phi) is 3.47. The van der Waals surface area contributed by atoms with Gasteiger partial charge in [0.05, 0.1) is 19.9 Å². The molecule has 0 amide bonds. The van der Waals surface area contributed by atoms with E-state index in [9.17, 15) is 0 Å². The molecule has 2 N–H and O–H groups in total. The smallest absolute Gasteiger partial charge is 0.161 e. The van der Waals surface area contributed by atoms with Gasteiger partial charge in [0.1, 0.15) is 5.82 Å². The fraction of sp³-hybridized carbons (Fsp3) is 0.250. The number of aryl methyl sites for hydroxylation is 1. The van der Waals surface area contributed by atoms with E-state index in [4.69, 9.17) is 15.2 Å². The summed E-state index contributed by atoms with van der Waals surface area (Å²) in [5, 5.41) is 4.34. The Bertz CT molecular complexity index is 561. The lowest BCUT2D eigenvalue weighted by atomic mass is 10.1. The van der Waals surface area contributed by atoms with Crippen LogP contribution in [0.15, 0.2) is 22.7 Å². The second-order valence-corrected chi connectivity index (χ2v) is 4.62. The van der Waals surface area contributed by atoms with Gasteiger partial charge in [0.2, 0.25) is 0 Å². The minimum absolute atomic E-state index is 0.603. The largest absolute Gasteiger partial charge is 0.493 e. The lowest BCUT2D eigenvalue weighted by Gasteiger charge is -2.10. The molecule has 0 aliphatic heterocycles. The summed E-state index contributed by atoms with van der Waals surface area (Å²) >= 11 is 3.50. The molecule has 1 aromatic heterocycles. The van der Waals surface area contributed by atoms with Gasteiger partial charge in [-0.15, -0.1) is 0 Å². The molecule has 0 aliphatic carbocycles. The summed E-state index contributed by atoms with van der Waals surface area (Å²) < 4.78 is 13.0. The summed E-state index contributed by atoms with van der Waals surface area (Å²) in [5.41, 5.74) is 7.47. The molecule has 0 saturated carbocycles. The number of hydrogen-bond donors (Lipinski definition) is 1. The van der Waals surface area contributed by atoms with Crippen molar-refractivity contribution in [2.75, 3.05) is 20.0 Å². The van der Waals surface area contributed by atoms with Gasteiger partial charge >= 0.3 is 0 Å². The fourth-order valence-electron chi connectivity index (χ4n) is 1.66. The second-order valence-electron chi connectivity index (χ2n) is 3.77. The minimum atomic E-state index is 0.603. The summed E-state index contributed by atoms with van der Waals surface area (Å²) in [6.07, 6.45) is 0. The number of hydrogen-bond acceptors (Lipinski definition) is 4. The molecular formula is C12H14BrN3O2. The molecule has 0 atom stereocenters. The lowest BCUT2D eigenvalue weighted by molar-refractivity contribution is 0.355. The maximum Gasteiger partial charge on any atom is 0.161 e. The first-order valence-corrected chi connectivity index (χ1v) is 6.07. The van der Waals surface area contributed by atoms with Crippen LogP contribution in [-0.4, -0.2) is 24.0 Å². The predicted octanol–water partition coefficient (Wildman–Crippen LogP) is 2.45. The molecule has 6 heteroatoms. The van der Waals surface area contributed by atoms with Crippen molar-refractivity contribution in [3.05, 3.63) is 22.7 Å². The molecule has 96 valence electrons. The first-order valence-electron chi connectivity index (χ1n) is 5.28. The number of nitrogen functional groups attached to an aromatic ring is 1. The minimum Gasteiger partial charge on any atom is -0.493 e. The number of rotatable bonds is 3. The van der Waals surface area contributed by atoms with Crippen LogP contribution in [0.25, 0.3) is 11.3 Å². The Morgan fingerprint density at radius 3 is 2.28 bits per heavy atom. The third kappa shape index (κ3) is 2.15. The van der Waals surface area contributed by atoms with Gasteiger partial charge < -0.3 is 15.2 Å². The normalized spacial score (nSPS) is 10.4. The van der Waals surface area contributed by atoms with E-state index in [0.29, 0.717) is 17.3 Å². The molecule has 0 radical (unpaired) electrons. The first kappa shape index (κ1) is 12.8. The maximum absolute atomic E-state index is 5.78. The van der Waals surface area contributed by atoms with Crippen LogP contribution in [0.5, 0.6) is 11.5 Å². The van der Waals surface area contributed by atoms with Crippen LogP contribution in [0, 0.1) is 0 Å². The molecule has 0 bridgehead atoms. The van der Waals surface area contributed by atoms with Crippen LogP contribution >= 0.6 is 15.9 Å². The summed E-state index contributed by atoms with van der Waals surface area (Å²) in [7, 11) is 5.00. The number of ether oxygens (including phenoxy) is 2. The molecule has 0 aliphatic rings. The molecule has 2 rings (SSSR count). The molecule has 0 spiro atoms. The van der Waals surface area contributed by atoms with Crippen molar-refractivity contribution < 1.29 is 9.47 Å². The van der Waals surface area contributed by atoms with Crippen molar-refractivity contribution in [2.45, 2.75) is 0 Å². The Morgan fingerprint density at radius 2 is 1.78 bits per heavy atom. The molecule has 18 heavy (non-hydrogen) atoms. The van der Waals surface area contributed by atoms with E-state index < -0.39 is 0 Å². The van der Waals surface area contributed by atoms with Gasteiger partial charge in [-0.1, -0.05) is 0 Å². The van der Waals surface area contributed by atoms with E-state index in [-0.39, 0.29) is 0 Å². The van der Waals surface area contributed by atoms with Crippen LogP contribution in [0.2, 0.25) is 0 Å². The molecular weight excluding hydrogens is 298 g/mol. The quantitative estimate of drug-likeness (QED) is 0.945. The second kappa shape index (κ2) is 4.89. The Morgan fingerprint density at radius 1 is 1.17 bits per heavy atom. The van der Waals surface area contributed by atoms with E-state index in [1.807, 2.05) is 18.2 Å². The van der Waals surface area contributed by atoms with Crippen LogP contribution in [0.3, 0.4) is 0 Å². The van der Waals surface area contributed by atoms with Crippen LogP contribution in [0.1, 0.15) is 0 Å². The number of anilines is 1. The predicted molar refractivity (Wildman–Crippen MR) is 73.9 cm³/mol. The number of nitrogens with zero attached hydrogens (tertiary/aromatic N) is 2. The highest BCUT2D eigenvalue weighted by atomic mass is 79.9. The molecule has 5 nitrogen and oxygen atoms in total. The van der Waals surface area contributed by atoms with Gasteiger partial charge in [0.15, 0.2) is 11.5 Å². The van der Waals surface area contributed by atoms with Crippen LogP contribution in [-0.2, 0) is 7.05 Å². The third-order valence-electron chi connectivity index (χ3n) is 2.67. The van der Waals surface area contributed by atoms with E-state index in [0.717, 1.165) is 15.7 Å². The molecule has 0 saturated heterocycles. The molecule has 1 heterocycles. The average molecular weight is 312 g/mol. The zero-order chi connectivity index (χ0) is 13.3. The summed E-state index contributed by atoms with van der Waals surface area (Å²) in [4.78, 5) is 0. The highest BCUT2D eigenvalue weighted by molar-refractivity contribution is 9.10. The lowest BCUT2D eigenvalue weighted by Crippen LogP contribution is -1.96. The summed E-state index contributed by atoms with van der Waals surface area (Å²) in [6.45, 7) is 0. The number of methoxy groups -OCH3 is 2. The van der Waals surface area contributed by atoms with Gasteiger partial charge in [-0.25, -0.2) is 0 Å². The van der Waals surface area contributed by atoms with E-state index in [1.165, 1.54) is 0 Å². The van der Waals surface area contributed by atoms with Crippen molar-refractivity contribution in [2.24, 2.45) is 7.05 Å². The molecule has 2 aromatic rings. The van der Waals surface area contributed by atoms with Crippen molar-refractivity contribution in [3.8, 4) is 22.8 Å². The van der Waals surface area contributed by atoms with E-state index in [1.54, 1.807) is 25.9 Å². The SMILES string of the molecule is COc1cc(Br)c(-c2cc(N)n(C)n2)cc1OC. The Balaban J connectivity index is 2.57. The van der Waals surface area contributed by atoms with Crippen LogP contribution < -0.4 is 15.2 Å². The number of nitrogens with two attached hydrogens (primary N) is 1. The maximum atomic E-state index is 5.78. The van der Waals surface area contributed by atoms with Crippen molar-refractivity contribution in [1.82, 2.24) is 9.78 Å². The van der Waals surface area contributed by atoms with Gasteiger partial charge in [-0.2, -0.15) is 5.10 Å². The average Bonchev–Trinajstić information content (AvgIpc) is 2.69. The highest BCUT2D eigenvalue weighted by Crippen LogP contribution is 2.38. The highest BCUT2D eigenvalue weighted by Gasteiger charge is 2.13. The fourth-order valence-corrected chi connectivity index (χ4v) is 2.19. The van der Waals surface area contributed by atoms with Crippen molar-refractivity contribution >= 4 is 21.7 Å². The zero-order valence-electron chi connectivity index (χ0n) is 10.4. The van der Waals surface area contributed by atoms with Crippen molar-refractivity contribution in [1.29, 1.82) is 0 Å². The molecule has 0 fully saturated rings. The van der Waals surface area contributed by atoms with Gasteiger partial charge in [-0.05, 0) is 28.1 Å². The Labute approximate surface area is 114 Å². The van der Waals surface area contributed by atoms with E-state index in [2.05, 4.69) is 21.0 Å². The van der Waals surface area contributed by atoms with Crippen LogP contribution in [0.4, 0.5) is 5.82 Å². The van der Waals surface area contributed by atoms with Gasteiger partial charge in [0.25, 0.3) is 0 Å². The number of aromatic nitrogens is 2. The van der Waals surface area contributed by atoms with Gasteiger partial charge in [0, 0.05) is 23.2 Å². The first-order chi connectivity index (χ1) is 8.56. The monoisotopic (exact) mass is 311 g/mol. The molecule has 1 aromatic carbocycles. The third-order valence-corrected chi connectivity index (χ3v) is 3.32. The van der Waals surface area contributed by atoms with Crippen molar-refractivity contribution in [3.63, 3.8) is 0 Å². The standard InChI is InChI=1S/C12H14BrN3O2/c1-16-12(14)6-9(15-16)7-4-10(17-2)11(18-3)5-8(7)13/h4-6H,14H2,1-3H3. The van der Waals surface area contributed by atoms with E-state index >= 15 is 0 Å².